The van der Waals surface area contributed by atoms with Crippen LogP contribution in [0, 0.1) is 5.92 Å². The van der Waals surface area contributed by atoms with E-state index in [-0.39, 0.29) is 17.7 Å². The number of carbonyl (C=O) groups is 2. The third-order valence-corrected chi connectivity index (χ3v) is 5.38. The summed E-state index contributed by atoms with van der Waals surface area (Å²) in [6, 6.07) is 13.2. The minimum atomic E-state index is -0.197. The quantitative estimate of drug-likeness (QED) is 0.517. The summed E-state index contributed by atoms with van der Waals surface area (Å²) in [4.78, 5) is 24.6. The molecule has 0 spiro atoms. The van der Waals surface area contributed by atoms with Gasteiger partial charge < -0.3 is 20.1 Å². The zero-order chi connectivity index (χ0) is 22.8. The Labute approximate surface area is 190 Å². The molecule has 0 bridgehead atoms. The van der Waals surface area contributed by atoms with E-state index in [4.69, 9.17) is 9.47 Å². The van der Waals surface area contributed by atoms with Crippen LogP contribution in [0.4, 0.5) is 5.69 Å². The normalized spacial score (nSPS) is 13.8. The first-order valence-electron chi connectivity index (χ1n) is 11.3. The van der Waals surface area contributed by atoms with Gasteiger partial charge in [-0.2, -0.15) is 0 Å². The molecule has 6 heteroatoms. The van der Waals surface area contributed by atoms with Gasteiger partial charge in [0.25, 0.3) is 0 Å². The summed E-state index contributed by atoms with van der Waals surface area (Å²) in [5.41, 5.74) is 2.54. The van der Waals surface area contributed by atoms with E-state index in [1.807, 2.05) is 56.3 Å². The highest BCUT2D eigenvalue weighted by Crippen LogP contribution is 2.29. The van der Waals surface area contributed by atoms with Crippen LogP contribution >= 0.6 is 0 Å². The number of rotatable bonds is 10. The van der Waals surface area contributed by atoms with Crippen molar-refractivity contribution in [1.29, 1.82) is 0 Å². The molecule has 1 aliphatic rings. The van der Waals surface area contributed by atoms with Crippen molar-refractivity contribution in [2.45, 2.75) is 46.1 Å². The summed E-state index contributed by atoms with van der Waals surface area (Å²) >= 11 is 0. The summed E-state index contributed by atoms with van der Waals surface area (Å²) < 4.78 is 11.2. The number of carbonyl (C=O) groups excluding carboxylic acids is 2. The predicted molar refractivity (Wildman–Crippen MR) is 127 cm³/mol. The first kappa shape index (κ1) is 23.4. The Balaban J connectivity index is 1.53. The smallest absolute Gasteiger partial charge is 0.244 e. The van der Waals surface area contributed by atoms with Crippen LogP contribution in [0.1, 0.15) is 50.7 Å². The average molecular weight is 437 g/mol. The molecule has 6 nitrogen and oxygen atoms in total. The molecule has 32 heavy (non-hydrogen) atoms. The van der Waals surface area contributed by atoms with Crippen molar-refractivity contribution >= 4 is 23.6 Å². The van der Waals surface area contributed by atoms with Gasteiger partial charge in [-0.05, 0) is 68.2 Å². The van der Waals surface area contributed by atoms with Crippen LogP contribution in [0.5, 0.6) is 11.5 Å². The Morgan fingerprint density at radius 2 is 1.75 bits per heavy atom. The average Bonchev–Trinajstić information content (AvgIpc) is 3.34. The summed E-state index contributed by atoms with van der Waals surface area (Å²) in [6.07, 6.45) is 7.42. The molecule has 0 aromatic heterocycles. The van der Waals surface area contributed by atoms with Crippen LogP contribution in [0.2, 0.25) is 0 Å². The number of anilines is 1. The molecule has 1 fully saturated rings. The van der Waals surface area contributed by atoms with Gasteiger partial charge in [0, 0.05) is 24.2 Å². The summed E-state index contributed by atoms with van der Waals surface area (Å²) in [6.45, 7) is 5.31. The molecule has 0 saturated heterocycles. The number of hydrogen-bond acceptors (Lipinski definition) is 4. The van der Waals surface area contributed by atoms with Crippen LogP contribution < -0.4 is 20.1 Å². The van der Waals surface area contributed by atoms with Gasteiger partial charge in [-0.15, -0.1) is 0 Å². The van der Waals surface area contributed by atoms with E-state index in [1.54, 1.807) is 6.08 Å². The summed E-state index contributed by atoms with van der Waals surface area (Å²) in [5, 5.41) is 5.88. The lowest BCUT2D eigenvalue weighted by Crippen LogP contribution is -2.21. The molecular weight excluding hydrogens is 404 g/mol. The highest BCUT2D eigenvalue weighted by atomic mass is 16.5. The van der Waals surface area contributed by atoms with Gasteiger partial charge in [0.05, 0.1) is 13.2 Å². The molecule has 0 heterocycles. The van der Waals surface area contributed by atoms with Gasteiger partial charge >= 0.3 is 0 Å². The van der Waals surface area contributed by atoms with Gasteiger partial charge in [-0.3, -0.25) is 9.59 Å². The van der Waals surface area contributed by atoms with E-state index in [0.717, 1.165) is 42.5 Å². The second kappa shape index (κ2) is 11.9. The Bertz CT molecular complexity index is 949. The fourth-order valence-electron chi connectivity index (χ4n) is 3.78. The molecule has 2 amide bonds. The van der Waals surface area contributed by atoms with Crippen LogP contribution in [0.25, 0.3) is 6.08 Å². The van der Waals surface area contributed by atoms with E-state index in [2.05, 4.69) is 10.6 Å². The van der Waals surface area contributed by atoms with E-state index >= 15 is 0 Å². The molecule has 3 rings (SSSR count). The Morgan fingerprint density at radius 1 is 1.00 bits per heavy atom. The maximum Gasteiger partial charge on any atom is 0.244 e. The number of ether oxygens (including phenoxy) is 2. The lowest BCUT2D eigenvalue weighted by atomic mass is 10.1. The van der Waals surface area contributed by atoms with Crippen molar-refractivity contribution in [2.24, 2.45) is 5.92 Å². The molecule has 0 aliphatic heterocycles. The monoisotopic (exact) mass is 436 g/mol. The Hall–Kier alpha value is -3.28. The zero-order valence-corrected chi connectivity index (χ0v) is 18.9. The number of hydrogen-bond donors (Lipinski definition) is 2. The summed E-state index contributed by atoms with van der Waals surface area (Å²) in [7, 11) is 0. The summed E-state index contributed by atoms with van der Waals surface area (Å²) in [5.74, 6) is 1.37. The second-order valence-electron chi connectivity index (χ2n) is 7.79. The highest BCUT2D eigenvalue weighted by Gasteiger charge is 2.22. The van der Waals surface area contributed by atoms with Crippen molar-refractivity contribution in [1.82, 2.24) is 5.32 Å². The van der Waals surface area contributed by atoms with Crippen LogP contribution in [0.15, 0.2) is 48.5 Å². The molecule has 0 radical (unpaired) electrons. The molecule has 0 atom stereocenters. The fraction of sp³-hybridized carbons (Fsp3) is 0.385. The van der Waals surface area contributed by atoms with Gasteiger partial charge in [-0.1, -0.05) is 31.0 Å². The largest absolute Gasteiger partial charge is 0.490 e. The van der Waals surface area contributed by atoms with E-state index in [0.29, 0.717) is 31.3 Å². The van der Waals surface area contributed by atoms with Crippen LogP contribution in [-0.4, -0.2) is 25.0 Å². The molecule has 1 aliphatic carbocycles. The minimum Gasteiger partial charge on any atom is -0.490 e. The first-order valence-corrected chi connectivity index (χ1v) is 11.3. The van der Waals surface area contributed by atoms with Crippen molar-refractivity contribution < 1.29 is 19.1 Å². The van der Waals surface area contributed by atoms with Crippen LogP contribution in [0.3, 0.4) is 0 Å². The standard InChI is InChI=1S/C26H32N2O4/c1-3-31-23-14-12-19(17-24(23)32-4-2)13-15-25(29)27-18-20-8-7-11-22(16-20)28-26(30)21-9-5-6-10-21/h7-8,11-17,21H,3-6,9-10,18H2,1-2H3,(H,27,29)(H,28,30). The van der Waals surface area contributed by atoms with Gasteiger partial charge in [-0.25, -0.2) is 0 Å². The fourth-order valence-corrected chi connectivity index (χ4v) is 3.78. The zero-order valence-electron chi connectivity index (χ0n) is 18.9. The third kappa shape index (κ3) is 6.87. The van der Waals surface area contributed by atoms with Gasteiger partial charge in [0.2, 0.25) is 11.8 Å². The lowest BCUT2D eigenvalue weighted by Gasteiger charge is -2.12. The lowest BCUT2D eigenvalue weighted by molar-refractivity contribution is -0.119. The van der Waals surface area contributed by atoms with Gasteiger partial charge in [0.1, 0.15) is 0 Å². The molecule has 170 valence electrons. The van der Waals surface area contributed by atoms with Crippen molar-refractivity contribution in [3.8, 4) is 11.5 Å². The first-order chi connectivity index (χ1) is 15.6. The van der Waals surface area contributed by atoms with Gasteiger partial charge in [0.15, 0.2) is 11.5 Å². The van der Waals surface area contributed by atoms with E-state index in [1.165, 1.54) is 6.08 Å². The highest BCUT2D eigenvalue weighted by molar-refractivity contribution is 5.93. The molecule has 2 N–H and O–H groups in total. The molecule has 1 saturated carbocycles. The second-order valence-corrected chi connectivity index (χ2v) is 7.79. The minimum absolute atomic E-state index is 0.0911. The molecule has 0 unspecified atom stereocenters. The van der Waals surface area contributed by atoms with Crippen LogP contribution in [-0.2, 0) is 16.1 Å². The van der Waals surface area contributed by atoms with Crippen molar-refractivity contribution in [3.63, 3.8) is 0 Å². The predicted octanol–water partition coefficient (Wildman–Crippen LogP) is 4.94. The maximum absolute atomic E-state index is 12.3. The van der Waals surface area contributed by atoms with Crippen molar-refractivity contribution in [3.05, 3.63) is 59.7 Å². The Morgan fingerprint density at radius 3 is 2.50 bits per heavy atom. The SMILES string of the molecule is CCOc1ccc(C=CC(=O)NCc2cccc(NC(=O)C3CCCC3)c2)cc1OCC. The number of benzene rings is 2. The maximum atomic E-state index is 12.3. The molecule has 2 aromatic rings. The third-order valence-electron chi connectivity index (χ3n) is 5.38. The van der Waals surface area contributed by atoms with Crippen molar-refractivity contribution in [2.75, 3.05) is 18.5 Å². The topological polar surface area (TPSA) is 76.7 Å². The molecular formula is C26H32N2O4. The number of nitrogens with one attached hydrogen (secondary N) is 2. The Kier molecular flexibility index (Phi) is 8.72. The number of amides is 2. The van der Waals surface area contributed by atoms with E-state index < -0.39 is 0 Å². The van der Waals surface area contributed by atoms with E-state index in [9.17, 15) is 9.59 Å². The molecule has 2 aromatic carbocycles.